The van der Waals surface area contributed by atoms with E-state index in [1.54, 1.807) is 22.9 Å². The van der Waals surface area contributed by atoms with E-state index in [1.807, 2.05) is 36.4 Å². The second-order valence-electron chi connectivity index (χ2n) is 5.42. The van der Waals surface area contributed by atoms with Gasteiger partial charge in [0.05, 0.1) is 23.3 Å². The number of rotatable bonds is 6. The summed E-state index contributed by atoms with van der Waals surface area (Å²) < 4.78 is 2.83. The number of carbonyl (C=O) groups is 1. The topological polar surface area (TPSA) is 63.0 Å². The van der Waals surface area contributed by atoms with Gasteiger partial charge in [0.25, 0.3) is 5.91 Å². The fourth-order valence-corrected chi connectivity index (χ4v) is 4.27. The first-order valence-corrected chi connectivity index (χ1v) is 9.75. The summed E-state index contributed by atoms with van der Waals surface area (Å²) >= 11 is 6.49. The molecule has 0 aromatic carbocycles. The molecule has 0 saturated heterocycles. The van der Waals surface area contributed by atoms with Crippen molar-refractivity contribution in [2.75, 3.05) is 26.0 Å². The smallest absolute Gasteiger partial charge is 0.275 e. The number of aromatic nitrogens is 3. The molecule has 0 unspecified atom stereocenters. The van der Waals surface area contributed by atoms with E-state index in [9.17, 15) is 4.79 Å². The van der Waals surface area contributed by atoms with Crippen LogP contribution in [0, 0.1) is 0 Å². The van der Waals surface area contributed by atoms with Gasteiger partial charge >= 0.3 is 0 Å². The molecule has 0 aliphatic rings. The van der Waals surface area contributed by atoms with Crippen molar-refractivity contribution in [2.24, 2.45) is 0 Å². The van der Waals surface area contributed by atoms with Gasteiger partial charge in [-0.2, -0.15) is 5.10 Å². The number of thiophene rings is 1. The minimum absolute atomic E-state index is 0.222. The van der Waals surface area contributed by atoms with Gasteiger partial charge in [0.1, 0.15) is 10.7 Å². The van der Waals surface area contributed by atoms with Gasteiger partial charge in [-0.05, 0) is 36.1 Å². The predicted molar refractivity (Wildman–Crippen MR) is 102 cm³/mol. The first-order valence-electron chi connectivity index (χ1n) is 7.20. The summed E-state index contributed by atoms with van der Waals surface area (Å²) in [4.78, 5) is 19.9. The quantitative estimate of drug-likeness (QED) is 0.654. The average molecular weight is 426 g/mol. The first-order chi connectivity index (χ1) is 11.5. The van der Waals surface area contributed by atoms with Crippen molar-refractivity contribution in [3.05, 3.63) is 39.4 Å². The molecule has 3 heterocycles. The Labute approximate surface area is 156 Å². The molecule has 0 fully saturated rings. The van der Waals surface area contributed by atoms with Crippen LogP contribution in [-0.4, -0.2) is 46.2 Å². The average Bonchev–Trinajstić information content (AvgIpc) is 3.24. The van der Waals surface area contributed by atoms with E-state index >= 15 is 0 Å². The number of hydrogen-bond acceptors (Lipinski definition) is 6. The molecule has 0 spiro atoms. The molecule has 24 heavy (non-hydrogen) atoms. The zero-order valence-corrected chi connectivity index (χ0v) is 16.4. The van der Waals surface area contributed by atoms with E-state index in [-0.39, 0.29) is 5.91 Å². The molecule has 0 aliphatic heterocycles. The summed E-state index contributed by atoms with van der Waals surface area (Å²) in [6.07, 6.45) is 3.47. The summed E-state index contributed by atoms with van der Waals surface area (Å²) in [6.45, 7) is 1.66. The normalized spacial score (nSPS) is 11.2. The maximum Gasteiger partial charge on any atom is 0.275 e. The molecular formula is C15H16BrN5OS2. The molecular weight excluding hydrogens is 410 g/mol. The van der Waals surface area contributed by atoms with Crippen LogP contribution in [0.4, 0.5) is 5.69 Å². The van der Waals surface area contributed by atoms with Crippen molar-refractivity contribution in [3.8, 4) is 9.88 Å². The van der Waals surface area contributed by atoms with Gasteiger partial charge in [-0.3, -0.25) is 9.48 Å². The van der Waals surface area contributed by atoms with Gasteiger partial charge < -0.3 is 10.2 Å². The number of nitrogens with zero attached hydrogens (tertiary/aromatic N) is 4. The SMILES string of the molecule is CN(C)CCn1cc(NC(=O)c2csc(-c3cc(Br)cs3)n2)cn1. The van der Waals surface area contributed by atoms with Gasteiger partial charge in [-0.25, -0.2) is 4.98 Å². The third-order valence-corrected chi connectivity index (χ3v) is 5.89. The van der Waals surface area contributed by atoms with Crippen molar-refractivity contribution in [2.45, 2.75) is 6.54 Å². The van der Waals surface area contributed by atoms with E-state index in [1.165, 1.54) is 11.3 Å². The molecule has 126 valence electrons. The second kappa shape index (κ2) is 7.56. The lowest BCUT2D eigenvalue weighted by Gasteiger charge is -2.08. The second-order valence-corrected chi connectivity index (χ2v) is 8.10. The Bertz CT molecular complexity index is 838. The molecule has 0 atom stereocenters. The number of carbonyl (C=O) groups excluding carboxylic acids is 1. The van der Waals surface area contributed by atoms with Crippen LogP contribution in [0.25, 0.3) is 9.88 Å². The number of nitrogens with one attached hydrogen (secondary N) is 1. The predicted octanol–water partition coefficient (Wildman–Crippen LogP) is 3.64. The third kappa shape index (κ3) is 4.29. The minimum atomic E-state index is -0.222. The fourth-order valence-electron chi connectivity index (χ4n) is 1.96. The Morgan fingerprint density at radius 2 is 2.21 bits per heavy atom. The van der Waals surface area contributed by atoms with E-state index in [0.29, 0.717) is 11.4 Å². The third-order valence-electron chi connectivity index (χ3n) is 3.18. The van der Waals surface area contributed by atoms with Gasteiger partial charge in [-0.1, -0.05) is 0 Å². The van der Waals surface area contributed by atoms with E-state index in [0.717, 1.165) is 27.4 Å². The summed E-state index contributed by atoms with van der Waals surface area (Å²) in [5.41, 5.74) is 1.09. The highest BCUT2D eigenvalue weighted by molar-refractivity contribution is 9.10. The Balaban J connectivity index is 1.64. The largest absolute Gasteiger partial charge is 0.318 e. The Morgan fingerprint density at radius 3 is 2.92 bits per heavy atom. The van der Waals surface area contributed by atoms with Crippen LogP contribution in [0.15, 0.2) is 33.7 Å². The van der Waals surface area contributed by atoms with Gasteiger partial charge in [0.2, 0.25) is 0 Å². The number of likely N-dealkylation sites (N-methyl/N-ethyl adjacent to an activating group) is 1. The van der Waals surface area contributed by atoms with Crippen LogP contribution in [0.5, 0.6) is 0 Å². The first kappa shape index (κ1) is 17.3. The monoisotopic (exact) mass is 425 g/mol. The highest BCUT2D eigenvalue weighted by Gasteiger charge is 2.14. The van der Waals surface area contributed by atoms with Crippen LogP contribution in [-0.2, 0) is 6.54 Å². The van der Waals surface area contributed by atoms with Gasteiger partial charge in [-0.15, -0.1) is 22.7 Å². The number of amides is 1. The number of anilines is 1. The van der Waals surface area contributed by atoms with Gasteiger partial charge in [0.15, 0.2) is 0 Å². The van der Waals surface area contributed by atoms with Crippen molar-refractivity contribution in [1.29, 1.82) is 0 Å². The molecule has 0 saturated carbocycles. The molecule has 0 aliphatic carbocycles. The number of hydrogen-bond donors (Lipinski definition) is 1. The molecule has 3 aromatic heterocycles. The molecule has 3 rings (SSSR count). The van der Waals surface area contributed by atoms with E-state index in [4.69, 9.17) is 0 Å². The Kier molecular flexibility index (Phi) is 5.44. The highest BCUT2D eigenvalue weighted by atomic mass is 79.9. The lowest BCUT2D eigenvalue weighted by Crippen LogP contribution is -2.18. The van der Waals surface area contributed by atoms with Crippen LogP contribution in [0.1, 0.15) is 10.5 Å². The fraction of sp³-hybridized carbons (Fsp3) is 0.267. The summed E-state index contributed by atoms with van der Waals surface area (Å²) in [6, 6.07) is 2.00. The highest BCUT2D eigenvalue weighted by Crippen LogP contribution is 2.32. The Morgan fingerprint density at radius 1 is 1.38 bits per heavy atom. The number of thiazole rings is 1. The zero-order chi connectivity index (χ0) is 17.1. The maximum absolute atomic E-state index is 12.3. The molecule has 0 radical (unpaired) electrons. The van der Waals surface area contributed by atoms with Crippen molar-refractivity contribution in [3.63, 3.8) is 0 Å². The van der Waals surface area contributed by atoms with Gasteiger partial charge in [0, 0.05) is 28.0 Å². The molecule has 3 aromatic rings. The van der Waals surface area contributed by atoms with Crippen LogP contribution in [0.2, 0.25) is 0 Å². The van der Waals surface area contributed by atoms with Crippen molar-refractivity contribution >= 4 is 50.2 Å². The Hall–Kier alpha value is -1.55. The van der Waals surface area contributed by atoms with Crippen molar-refractivity contribution < 1.29 is 4.79 Å². The standard InChI is InChI=1S/C15H16BrN5OS2/c1-20(2)3-4-21-7-11(6-17-21)18-14(22)12-9-24-15(19-12)13-5-10(16)8-23-13/h5-9H,3-4H2,1-2H3,(H,18,22). The zero-order valence-electron chi connectivity index (χ0n) is 13.2. The summed E-state index contributed by atoms with van der Waals surface area (Å²) in [5.74, 6) is -0.222. The van der Waals surface area contributed by atoms with E-state index < -0.39 is 0 Å². The molecule has 1 N–H and O–H groups in total. The lowest BCUT2D eigenvalue weighted by molar-refractivity contribution is 0.102. The summed E-state index contributed by atoms with van der Waals surface area (Å²) in [5, 5.41) is 11.7. The van der Waals surface area contributed by atoms with E-state index in [2.05, 4.69) is 36.2 Å². The molecule has 0 bridgehead atoms. The van der Waals surface area contributed by atoms with Crippen LogP contribution >= 0.6 is 38.6 Å². The van der Waals surface area contributed by atoms with Crippen LogP contribution in [0.3, 0.4) is 0 Å². The minimum Gasteiger partial charge on any atom is -0.318 e. The molecule has 6 nitrogen and oxygen atoms in total. The van der Waals surface area contributed by atoms with Crippen molar-refractivity contribution in [1.82, 2.24) is 19.7 Å². The molecule has 9 heteroatoms. The van der Waals surface area contributed by atoms with Crippen LogP contribution < -0.4 is 5.32 Å². The lowest BCUT2D eigenvalue weighted by atomic mass is 10.4. The number of halogens is 1. The maximum atomic E-state index is 12.3. The summed E-state index contributed by atoms with van der Waals surface area (Å²) in [7, 11) is 4.02. The molecule has 1 amide bonds.